The standard InChI is InChI=1S/C11H21NO/c1-6-9(5)12-11(13)10(7-2)8(3)4/h7-10H,2,6H2,1,3-5H3,(H,12,13). The van der Waals surface area contributed by atoms with Crippen LogP contribution < -0.4 is 5.32 Å². The molecule has 0 aromatic heterocycles. The van der Waals surface area contributed by atoms with E-state index in [1.54, 1.807) is 6.08 Å². The van der Waals surface area contributed by atoms with Gasteiger partial charge in [0.05, 0.1) is 5.92 Å². The Hall–Kier alpha value is -0.790. The molecule has 2 unspecified atom stereocenters. The molecular weight excluding hydrogens is 162 g/mol. The van der Waals surface area contributed by atoms with Gasteiger partial charge in [-0.2, -0.15) is 0 Å². The lowest BCUT2D eigenvalue weighted by atomic mass is 9.95. The molecule has 0 aliphatic carbocycles. The van der Waals surface area contributed by atoms with Crippen LogP contribution in [0.15, 0.2) is 12.7 Å². The van der Waals surface area contributed by atoms with Gasteiger partial charge in [0.25, 0.3) is 0 Å². The van der Waals surface area contributed by atoms with Crippen molar-refractivity contribution in [2.24, 2.45) is 11.8 Å². The molecule has 0 aliphatic heterocycles. The van der Waals surface area contributed by atoms with Gasteiger partial charge >= 0.3 is 0 Å². The summed E-state index contributed by atoms with van der Waals surface area (Å²) in [6, 6.07) is 0.258. The Morgan fingerprint density at radius 3 is 2.31 bits per heavy atom. The maximum atomic E-state index is 11.6. The molecule has 13 heavy (non-hydrogen) atoms. The van der Waals surface area contributed by atoms with E-state index in [0.29, 0.717) is 5.92 Å². The zero-order valence-corrected chi connectivity index (χ0v) is 9.13. The number of hydrogen-bond donors (Lipinski definition) is 1. The Labute approximate surface area is 81.4 Å². The third-order valence-electron chi connectivity index (χ3n) is 2.28. The summed E-state index contributed by atoms with van der Waals surface area (Å²) in [6.07, 6.45) is 2.69. The summed E-state index contributed by atoms with van der Waals surface area (Å²) in [5, 5.41) is 2.95. The van der Waals surface area contributed by atoms with Crippen LogP contribution >= 0.6 is 0 Å². The minimum Gasteiger partial charge on any atom is -0.353 e. The van der Waals surface area contributed by atoms with E-state index in [1.807, 2.05) is 20.8 Å². The fraction of sp³-hybridized carbons (Fsp3) is 0.727. The molecular formula is C11H21NO. The molecule has 0 aliphatic rings. The fourth-order valence-electron chi connectivity index (χ4n) is 1.12. The zero-order chi connectivity index (χ0) is 10.4. The average molecular weight is 183 g/mol. The van der Waals surface area contributed by atoms with Crippen LogP contribution in [0.4, 0.5) is 0 Å². The molecule has 2 nitrogen and oxygen atoms in total. The quantitative estimate of drug-likeness (QED) is 0.651. The maximum Gasteiger partial charge on any atom is 0.227 e. The predicted octanol–water partition coefficient (Wildman–Crippen LogP) is 2.36. The molecule has 0 fully saturated rings. The van der Waals surface area contributed by atoms with Crippen molar-refractivity contribution >= 4 is 5.91 Å². The van der Waals surface area contributed by atoms with Crippen LogP contribution in [0.3, 0.4) is 0 Å². The van der Waals surface area contributed by atoms with Crippen molar-refractivity contribution in [2.75, 3.05) is 0 Å². The van der Waals surface area contributed by atoms with Gasteiger partial charge in [0.15, 0.2) is 0 Å². The number of hydrogen-bond acceptors (Lipinski definition) is 1. The van der Waals surface area contributed by atoms with Crippen molar-refractivity contribution in [3.63, 3.8) is 0 Å². The second-order valence-electron chi connectivity index (χ2n) is 3.82. The van der Waals surface area contributed by atoms with Crippen LogP contribution in [0.1, 0.15) is 34.1 Å². The van der Waals surface area contributed by atoms with E-state index in [4.69, 9.17) is 0 Å². The fourth-order valence-corrected chi connectivity index (χ4v) is 1.12. The van der Waals surface area contributed by atoms with Gasteiger partial charge in [-0.25, -0.2) is 0 Å². The maximum absolute atomic E-state index is 11.6. The van der Waals surface area contributed by atoms with Crippen LogP contribution in [0.5, 0.6) is 0 Å². The smallest absolute Gasteiger partial charge is 0.227 e. The first-order valence-corrected chi connectivity index (χ1v) is 4.95. The van der Waals surface area contributed by atoms with Gasteiger partial charge < -0.3 is 5.32 Å². The molecule has 2 atom stereocenters. The second-order valence-corrected chi connectivity index (χ2v) is 3.82. The van der Waals surface area contributed by atoms with Crippen LogP contribution in [-0.4, -0.2) is 11.9 Å². The van der Waals surface area contributed by atoms with Gasteiger partial charge in [0.2, 0.25) is 5.91 Å². The SMILES string of the molecule is C=CC(C(=O)NC(C)CC)C(C)C. The van der Waals surface area contributed by atoms with Crippen LogP contribution in [0.2, 0.25) is 0 Å². The Kier molecular flexibility index (Phi) is 5.44. The van der Waals surface area contributed by atoms with Gasteiger partial charge in [-0.05, 0) is 19.3 Å². The predicted molar refractivity (Wildman–Crippen MR) is 56.4 cm³/mol. The molecule has 0 spiro atoms. The Balaban J connectivity index is 4.14. The third kappa shape index (κ3) is 4.11. The highest BCUT2D eigenvalue weighted by Gasteiger charge is 2.19. The van der Waals surface area contributed by atoms with E-state index in [9.17, 15) is 4.79 Å². The van der Waals surface area contributed by atoms with E-state index in [0.717, 1.165) is 6.42 Å². The summed E-state index contributed by atoms with van der Waals surface area (Å²) in [7, 11) is 0. The van der Waals surface area contributed by atoms with Crippen LogP contribution in [0, 0.1) is 11.8 Å². The summed E-state index contributed by atoms with van der Waals surface area (Å²) in [5.41, 5.74) is 0. The van der Waals surface area contributed by atoms with Gasteiger partial charge in [0, 0.05) is 6.04 Å². The summed E-state index contributed by atoms with van der Waals surface area (Å²) in [6.45, 7) is 11.8. The lowest BCUT2D eigenvalue weighted by Crippen LogP contribution is -2.37. The highest BCUT2D eigenvalue weighted by atomic mass is 16.1. The minimum atomic E-state index is -0.0611. The van der Waals surface area contributed by atoms with Crippen molar-refractivity contribution in [2.45, 2.75) is 40.2 Å². The van der Waals surface area contributed by atoms with Crippen molar-refractivity contribution in [1.29, 1.82) is 0 Å². The summed E-state index contributed by atoms with van der Waals surface area (Å²) in [4.78, 5) is 11.6. The van der Waals surface area contributed by atoms with Gasteiger partial charge in [-0.3, -0.25) is 4.79 Å². The molecule has 0 aromatic rings. The van der Waals surface area contributed by atoms with Crippen LogP contribution in [0.25, 0.3) is 0 Å². The molecule has 0 heterocycles. The normalized spacial score (nSPS) is 15.2. The second kappa shape index (κ2) is 5.79. The minimum absolute atomic E-state index is 0.0611. The molecule has 2 heteroatoms. The third-order valence-corrected chi connectivity index (χ3v) is 2.28. The Morgan fingerprint density at radius 1 is 1.46 bits per heavy atom. The van der Waals surface area contributed by atoms with Crippen molar-refractivity contribution < 1.29 is 4.79 Å². The average Bonchev–Trinajstić information content (AvgIpc) is 2.04. The first-order chi connectivity index (χ1) is 6.02. The number of carbonyl (C=O) groups excluding carboxylic acids is 1. The van der Waals surface area contributed by atoms with Crippen molar-refractivity contribution in [3.05, 3.63) is 12.7 Å². The Bertz CT molecular complexity index is 175. The lowest BCUT2D eigenvalue weighted by Gasteiger charge is -2.19. The first kappa shape index (κ1) is 12.2. The van der Waals surface area contributed by atoms with Crippen molar-refractivity contribution in [3.8, 4) is 0 Å². The topological polar surface area (TPSA) is 29.1 Å². The van der Waals surface area contributed by atoms with E-state index >= 15 is 0 Å². The number of rotatable bonds is 5. The largest absolute Gasteiger partial charge is 0.353 e. The molecule has 1 N–H and O–H groups in total. The highest BCUT2D eigenvalue weighted by molar-refractivity contribution is 5.80. The van der Waals surface area contributed by atoms with E-state index in [-0.39, 0.29) is 17.9 Å². The van der Waals surface area contributed by atoms with Gasteiger partial charge in [-0.1, -0.05) is 26.8 Å². The Morgan fingerprint density at radius 2 is 2.00 bits per heavy atom. The number of carbonyl (C=O) groups is 1. The van der Waals surface area contributed by atoms with Gasteiger partial charge in [0.1, 0.15) is 0 Å². The molecule has 0 aromatic carbocycles. The highest BCUT2D eigenvalue weighted by Crippen LogP contribution is 2.12. The summed E-state index contributed by atoms with van der Waals surface area (Å²) < 4.78 is 0. The first-order valence-electron chi connectivity index (χ1n) is 4.95. The summed E-state index contributed by atoms with van der Waals surface area (Å²) >= 11 is 0. The number of nitrogens with one attached hydrogen (secondary N) is 1. The molecule has 76 valence electrons. The van der Waals surface area contributed by atoms with E-state index in [1.165, 1.54) is 0 Å². The molecule has 0 radical (unpaired) electrons. The molecule has 0 bridgehead atoms. The molecule has 1 amide bonds. The van der Waals surface area contributed by atoms with Crippen LogP contribution in [-0.2, 0) is 4.79 Å². The van der Waals surface area contributed by atoms with E-state index < -0.39 is 0 Å². The summed E-state index contributed by atoms with van der Waals surface area (Å²) in [5.74, 6) is 0.356. The van der Waals surface area contributed by atoms with Gasteiger partial charge in [-0.15, -0.1) is 6.58 Å². The zero-order valence-electron chi connectivity index (χ0n) is 9.13. The van der Waals surface area contributed by atoms with Crippen molar-refractivity contribution in [1.82, 2.24) is 5.32 Å². The monoisotopic (exact) mass is 183 g/mol. The molecule has 0 saturated carbocycles. The van der Waals surface area contributed by atoms with E-state index in [2.05, 4.69) is 18.8 Å². The molecule has 0 rings (SSSR count). The lowest BCUT2D eigenvalue weighted by molar-refractivity contribution is -0.125. The number of amides is 1. The molecule has 0 saturated heterocycles.